The molecule has 0 saturated heterocycles. The molecule has 0 fully saturated rings. The average Bonchev–Trinajstić information content (AvgIpc) is 2.48. The van der Waals surface area contributed by atoms with E-state index < -0.39 is 23.9 Å². The van der Waals surface area contributed by atoms with Crippen molar-refractivity contribution in [1.29, 1.82) is 0 Å². The van der Waals surface area contributed by atoms with Gasteiger partial charge in [0.2, 0.25) is 0 Å². The zero-order chi connectivity index (χ0) is 15.5. The Kier molecular flexibility index (Phi) is 9.27. The fourth-order valence-electron chi connectivity index (χ4n) is 1.26. The maximum Gasteiger partial charge on any atom is 0.354 e. The highest BCUT2D eigenvalue weighted by Gasteiger charge is 2.23. The van der Waals surface area contributed by atoms with Crippen LogP contribution in [0.4, 0.5) is 0 Å². The van der Waals surface area contributed by atoms with Crippen molar-refractivity contribution in [3.05, 3.63) is 11.8 Å². The second kappa shape index (κ2) is 10.1. The van der Waals surface area contributed by atoms with Gasteiger partial charge in [0, 0.05) is 0 Å². The Hall–Kier alpha value is -1.70. The van der Waals surface area contributed by atoms with Crippen LogP contribution in [0, 0.1) is 0 Å². The van der Waals surface area contributed by atoms with E-state index in [-0.39, 0.29) is 5.70 Å². The molecule has 0 bridgehead atoms. The molecule has 0 rings (SSSR count). The first kappa shape index (κ1) is 18.3. The first-order valence-electron chi connectivity index (χ1n) is 5.71. The maximum absolute atomic E-state index is 11.6. The van der Waals surface area contributed by atoms with E-state index in [0.717, 1.165) is 6.08 Å². The van der Waals surface area contributed by atoms with Gasteiger partial charge in [-0.05, 0) is 18.4 Å². The van der Waals surface area contributed by atoms with Crippen LogP contribution in [-0.2, 0) is 28.6 Å². The van der Waals surface area contributed by atoms with Crippen LogP contribution in [0.25, 0.3) is 0 Å². The topological polar surface area (TPSA) is 90.9 Å². The van der Waals surface area contributed by atoms with E-state index in [9.17, 15) is 14.4 Å². The molecule has 1 N–H and O–H groups in total. The molecular formula is C12H19NO6S. The van der Waals surface area contributed by atoms with Crippen molar-refractivity contribution >= 4 is 29.7 Å². The Bertz CT molecular complexity index is 382. The lowest BCUT2D eigenvalue weighted by Crippen LogP contribution is -2.40. The molecule has 114 valence electrons. The predicted molar refractivity (Wildman–Crippen MR) is 74.1 cm³/mol. The van der Waals surface area contributed by atoms with Crippen LogP contribution in [0.3, 0.4) is 0 Å². The van der Waals surface area contributed by atoms with Crippen molar-refractivity contribution in [3.8, 4) is 0 Å². The van der Waals surface area contributed by atoms with Crippen molar-refractivity contribution in [3.63, 3.8) is 0 Å². The van der Waals surface area contributed by atoms with Crippen molar-refractivity contribution in [1.82, 2.24) is 5.32 Å². The molecular weight excluding hydrogens is 286 g/mol. The molecule has 0 aromatic heterocycles. The molecule has 0 aromatic rings. The summed E-state index contributed by atoms with van der Waals surface area (Å²) in [5.74, 6) is -1.35. The maximum atomic E-state index is 11.6. The number of hydrogen-bond acceptors (Lipinski definition) is 8. The van der Waals surface area contributed by atoms with Crippen LogP contribution < -0.4 is 5.32 Å². The van der Waals surface area contributed by atoms with Gasteiger partial charge < -0.3 is 19.5 Å². The lowest BCUT2D eigenvalue weighted by molar-refractivity contribution is -0.143. The van der Waals surface area contributed by atoms with Gasteiger partial charge in [0.05, 0.1) is 27.4 Å². The van der Waals surface area contributed by atoms with Crippen molar-refractivity contribution in [2.75, 3.05) is 33.3 Å². The van der Waals surface area contributed by atoms with E-state index in [0.29, 0.717) is 12.2 Å². The molecule has 0 saturated carbocycles. The predicted octanol–water partition coefficient (Wildman–Crippen LogP) is 0.101. The van der Waals surface area contributed by atoms with Crippen LogP contribution >= 0.6 is 11.8 Å². The second-order valence-electron chi connectivity index (χ2n) is 3.57. The summed E-state index contributed by atoms with van der Waals surface area (Å²) < 4.78 is 13.6. The second-order valence-corrected chi connectivity index (χ2v) is 4.56. The van der Waals surface area contributed by atoms with Gasteiger partial charge in [-0.2, -0.15) is 11.8 Å². The number of rotatable bonds is 8. The highest BCUT2D eigenvalue weighted by Crippen LogP contribution is 2.06. The van der Waals surface area contributed by atoms with Crippen molar-refractivity contribution in [2.45, 2.75) is 12.5 Å². The molecule has 0 aliphatic carbocycles. The van der Waals surface area contributed by atoms with Gasteiger partial charge in [0.15, 0.2) is 0 Å². The van der Waals surface area contributed by atoms with E-state index in [1.807, 2.05) is 6.26 Å². The average molecular weight is 305 g/mol. The largest absolute Gasteiger partial charge is 0.467 e. The quantitative estimate of drug-likeness (QED) is 0.383. The van der Waals surface area contributed by atoms with Crippen LogP contribution in [0.2, 0.25) is 0 Å². The number of thioether (sulfide) groups is 1. The number of hydrogen-bond donors (Lipinski definition) is 1. The van der Waals surface area contributed by atoms with Gasteiger partial charge in [-0.3, -0.25) is 0 Å². The molecule has 0 aromatic carbocycles. The van der Waals surface area contributed by atoms with Gasteiger partial charge in [0.1, 0.15) is 11.7 Å². The number of ether oxygens (including phenoxy) is 3. The van der Waals surface area contributed by atoms with Crippen LogP contribution in [0.15, 0.2) is 11.8 Å². The minimum Gasteiger partial charge on any atom is -0.467 e. The number of esters is 3. The molecule has 0 radical (unpaired) electrons. The highest BCUT2D eigenvalue weighted by molar-refractivity contribution is 7.98. The summed E-state index contributed by atoms with van der Waals surface area (Å²) in [6.07, 6.45) is 3.25. The SMILES string of the molecule is COC(=O)/C=C(/NC(CCSC)C(=O)OC)C(=O)OC. The lowest BCUT2D eigenvalue weighted by atomic mass is 10.2. The minimum absolute atomic E-state index is 0.157. The molecule has 0 aliphatic heterocycles. The number of nitrogens with one attached hydrogen (secondary N) is 1. The van der Waals surface area contributed by atoms with E-state index in [4.69, 9.17) is 0 Å². The standard InChI is InChI=1S/C12H19NO6S/c1-17-10(14)7-9(12(16)19-3)13-8(5-6-20-4)11(15)18-2/h7-8,13H,5-6H2,1-4H3/b9-7+. The normalized spacial score (nSPS) is 12.3. The lowest BCUT2D eigenvalue weighted by Gasteiger charge is -2.18. The number of carbonyl (C=O) groups is 3. The number of methoxy groups -OCH3 is 3. The Morgan fingerprint density at radius 1 is 1.15 bits per heavy atom. The third kappa shape index (κ3) is 6.46. The summed E-state index contributed by atoms with van der Waals surface area (Å²) in [7, 11) is 3.60. The first-order valence-corrected chi connectivity index (χ1v) is 7.10. The van der Waals surface area contributed by atoms with E-state index >= 15 is 0 Å². The molecule has 0 amide bonds. The smallest absolute Gasteiger partial charge is 0.354 e. The molecule has 8 heteroatoms. The molecule has 0 heterocycles. The first-order chi connectivity index (χ1) is 9.49. The van der Waals surface area contributed by atoms with E-state index in [1.165, 1.54) is 21.3 Å². The van der Waals surface area contributed by atoms with Gasteiger partial charge >= 0.3 is 17.9 Å². The van der Waals surface area contributed by atoms with Gasteiger partial charge in [-0.15, -0.1) is 0 Å². The monoisotopic (exact) mass is 305 g/mol. The summed E-state index contributed by atoms with van der Waals surface area (Å²) in [6, 6.07) is -0.748. The van der Waals surface area contributed by atoms with E-state index in [1.54, 1.807) is 11.8 Å². The zero-order valence-electron chi connectivity index (χ0n) is 11.9. The molecule has 0 spiro atoms. The molecule has 1 atom stereocenters. The zero-order valence-corrected chi connectivity index (χ0v) is 12.7. The fourth-order valence-corrected chi connectivity index (χ4v) is 1.73. The molecule has 0 aliphatic rings. The summed E-state index contributed by atoms with van der Waals surface area (Å²) in [6.45, 7) is 0. The highest BCUT2D eigenvalue weighted by atomic mass is 32.2. The number of carbonyl (C=O) groups excluding carboxylic acids is 3. The third-order valence-corrected chi connectivity index (χ3v) is 2.94. The Labute approximate surface area is 122 Å². The Morgan fingerprint density at radius 2 is 1.80 bits per heavy atom. The Morgan fingerprint density at radius 3 is 2.25 bits per heavy atom. The van der Waals surface area contributed by atoms with Crippen LogP contribution in [-0.4, -0.2) is 57.3 Å². The summed E-state index contributed by atoms with van der Waals surface area (Å²) >= 11 is 1.54. The minimum atomic E-state index is -0.770. The summed E-state index contributed by atoms with van der Waals surface area (Å²) in [5, 5.41) is 2.65. The van der Waals surface area contributed by atoms with Crippen LogP contribution in [0.5, 0.6) is 0 Å². The molecule has 7 nitrogen and oxygen atoms in total. The summed E-state index contributed by atoms with van der Waals surface area (Å²) in [5.41, 5.74) is -0.157. The summed E-state index contributed by atoms with van der Waals surface area (Å²) in [4.78, 5) is 34.4. The van der Waals surface area contributed by atoms with E-state index in [2.05, 4.69) is 19.5 Å². The third-order valence-electron chi connectivity index (χ3n) is 2.29. The fraction of sp³-hybridized carbons (Fsp3) is 0.583. The van der Waals surface area contributed by atoms with Gasteiger partial charge in [-0.1, -0.05) is 0 Å². The molecule has 1 unspecified atom stereocenters. The van der Waals surface area contributed by atoms with Crippen molar-refractivity contribution < 1.29 is 28.6 Å². The Balaban J connectivity index is 5.06. The van der Waals surface area contributed by atoms with Gasteiger partial charge in [0.25, 0.3) is 0 Å². The van der Waals surface area contributed by atoms with Crippen molar-refractivity contribution in [2.24, 2.45) is 0 Å². The molecule has 20 heavy (non-hydrogen) atoms. The van der Waals surface area contributed by atoms with Crippen LogP contribution in [0.1, 0.15) is 6.42 Å². The van der Waals surface area contributed by atoms with Gasteiger partial charge in [-0.25, -0.2) is 14.4 Å².